The molecule has 4 rings (SSSR count). The average Bonchev–Trinajstić information content (AvgIpc) is 3.10. The lowest BCUT2D eigenvalue weighted by Crippen LogP contribution is -2.57. The van der Waals surface area contributed by atoms with Gasteiger partial charge in [-0.25, -0.2) is 13.0 Å². The van der Waals surface area contributed by atoms with Crippen molar-refractivity contribution >= 4 is 32.7 Å². The number of aromatic nitrogens is 2. The van der Waals surface area contributed by atoms with Gasteiger partial charge in [-0.1, -0.05) is 25.4 Å². The molecule has 1 aromatic carbocycles. The van der Waals surface area contributed by atoms with Crippen LogP contribution in [0.5, 0.6) is 0 Å². The lowest BCUT2D eigenvalue weighted by Gasteiger charge is -2.57. The van der Waals surface area contributed by atoms with E-state index in [0.29, 0.717) is 24.0 Å². The molecule has 2 fully saturated rings. The molecule has 2 aliphatic rings. The highest BCUT2D eigenvalue weighted by molar-refractivity contribution is 7.89. The van der Waals surface area contributed by atoms with Crippen LogP contribution in [0.2, 0.25) is 5.02 Å². The first-order chi connectivity index (χ1) is 12.1. The molecule has 1 aromatic heterocycles. The maximum atomic E-state index is 13.4. The van der Waals surface area contributed by atoms with E-state index in [9.17, 15) is 8.42 Å². The molecule has 0 spiro atoms. The molecule has 1 saturated carbocycles. The molecule has 9 heteroatoms. The van der Waals surface area contributed by atoms with Gasteiger partial charge in [-0.05, 0) is 54.3 Å². The molecule has 1 saturated heterocycles. The molecular formula is C17H23ClN4O3S. The van der Waals surface area contributed by atoms with Crippen molar-refractivity contribution in [1.82, 2.24) is 19.5 Å². The topological polar surface area (TPSA) is 79.5 Å². The summed E-state index contributed by atoms with van der Waals surface area (Å²) in [5.74, 6) is 0.338. The normalized spacial score (nSPS) is 28.5. The van der Waals surface area contributed by atoms with Crippen LogP contribution in [-0.4, -0.2) is 61.7 Å². The molecule has 2 atom stereocenters. The van der Waals surface area contributed by atoms with Crippen molar-refractivity contribution in [3.63, 3.8) is 0 Å². The maximum absolute atomic E-state index is 13.4. The summed E-state index contributed by atoms with van der Waals surface area (Å²) in [6, 6.07) is 3.03. The minimum atomic E-state index is -3.71. The van der Waals surface area contributed by atoms with Crippen LogP contribution in [0.15, 0.2) is 21.7 Å². The van der Waals surface area contributed by atoms with Crippen molar-refractivity contribution in [3.8, 4) is 0 Å². The number of fused-ring (bicyclic) bond motifs is 2. The number of rotatable bonds is 4. The van der Waals surface area contributed by atoms with Crippen LogP contribution < -0.4 is 0 Å². The van der Waals surface area contributed by atoms with Crippen molar-refractivity contribution in [1.29, 1.82) is 0 Å². The van der Waals surface area contributed by atoms with Crippen molar-refractivity contribution in [2.45, 2.75) is 25.2 Å². The van der Waals surface area contributed by atoms with Gasteiger partial charge in [-0.3, -0.25) is 0 Å². The van der Waals surface area contributed by atoms with Crippen molar-refractivity contribution in [2.24, 2.45) is 16.7 Å². The van der Waals surface area contributed by atoms with Gasteiger partial charge in [0, 0.05) is 25.0 Å². The minimum absolute atomic E-state index is 0.00762. The summed E-state index contributed by atoms with van der Waals surface area (Å²) in [5, 5.41) is 7.84. The van der Waals surface area contributed by atoms with Crippen LogP contribution in [0.4, 0.5) is 0 Å². The second-order valence-electron chi connectivity index (χ2n) is 8.62. The molecule has 2 aromatic rings. The largest absolute Gasteiger partial charge is 0.309 e. The van der Waals surface area contributed by atoms with Gasteiger partial charge in [0.05, 0.1) is 5.02 Å². The second kappa shape index (κ2) is 5.64. The van der Waals surface area contributed by atoms with E-state index in [4.69, 9.17) is 16.2 Å². The van der Waals surface area contributed by atoms with Gasteiger partial charge in [0.15, 0.2) is 11.0 Å². The first-order valence-corrected chi connectivity index (χ1v) is 10.4. The summed E-state index contributed by atoms with van der Waals surface area (Å²) in [5.41, 5.74) is 0.620. The van der Waals surface area contributed by atoms with Crippen LogP contribution in [0.25, 0.3) is 11.0 Å². The van der Waals surface area contributed by atoms with E-state index in [1.54, 1.807) is 4.31 Å². The Morgan fingerprint density at radius 3 is 2.65 bits per heavy atom. The third-order valence-corrected chi connectivity index (χ3v) is 8.09. The fraction of sp³-hybridized carbons (Fsp3) is 0.647. The summed E-state index contributed by atoms with van der Waals surface area (Å²) in [7, 11) is 0.371. The molecule has 0 unspecified atom stereocenters. The van der Waals surface area contributed by atoms with E-state index >= 15 is 0 Å². The van der Waals surface area contributed by atoms with Gasteiger partial charge in [-0.15, -0.1) is 0 Å². The molecule has 1 aliphatic carbocycles. The third kappa shape index (κ3) is 2.50. The predicted molar refractivity (Wildman–Crippen MR) is 98.4 cm³/mol. The van der Waals surface area contributed by atoms with E-state index < -0.39 is 10.0 Å². The van der Waals surface area contributed by atoms with Crippen LogP contribution in [0.3, 0.4) is 0 Å². The van der Waals surface area contributed by atoms with Gasteiger partial charge in [0.2, 0.25) is 10.0 Å². The highest BCUT2D eigenvalue weighted by Crippen LogP contribution is 2.63. The van der Waals surface area contributed by atoms with Crippen molar-refractivity contribution in [2.75, 3.05) is 33.7 Å². The molecule has 0 radical (unpaired) electrons. The highest BCUT2D eigenvalue weighted by Gasteiger charge is 2.64. The average molecular weight is 399 g/mol. The predicted octanol–water partition coefficient (Wildman–Crippen LogP) is 2.47. The third-order valence-electron chi connectivity index (χ3n) is 5.95. The Kier molecular flexibility index (Phi) is 3.94. The monoisotopic (exact) mass is 398 g/mol. The fourth-order valence-corrected chi connectivity index (χ4v) is 7.12. The van der Waals surface area contributed by atoms with Gasteiger partial charge in [0.1, 0.15) is 4.90 Å². The first kappa shape index (κ1) is 18.2. The first-order valence-electron chi connectivity index (χ1n) is 8.62. The summed E-state index contributed by atoms with van der Waals surface area (Å²) >= 11 is 6.08. The highest BCUT2D eigenvalue weighted by atomic mass is 35.5. The molecule has 0 amide bonds. The number of sulfonamides is 1. The van der Waals surface area contributed by atoms with Crippen molar-refractivity contribution in [3.05, 3.63) is 17.2 Å². The number of benzene rings is 1. The Morgan fingerprint density at radius 2 is 2.00 bits per heavy atom. The Balaban J connectivity index is 1.73. The SMILES string of the molecule is CN(C)C[C@@]12CN(S(=O)(=O)c3ccc(Cl)c4nonc34)C[C@@H]1C(C)(C)C2. The maximum Gasteiger partial charge on any atom is 0.245 e. The van der Waals surface area contributed by atoms with Crippen molar-refractivity contribution < 1.29 is 13.0 Å². The van der Waals surface area contributed by atoms with E-state index in [1.165, 1.54) is 12.1 Å². The molecule has 0 bridgehead atoms. The number of nitrogens with zero attached hydrogens (tertiary/aromatic N) is 4. The summed E-state index contributed by atoms with van der Waals surface area (Å²) in [6.45, 7) is 6.39. The molecule has 142 valence electrons. The van der Waals surface area contributed by atoms with Gasteiger partial charge in [-0.2, -0.15) is 4.31 Å². The Morgan fingerprint density at radius 1 is 1.31 bits per heavy atom. The Labute approximate surface area is 158 Å². The van der Waals surface area contributed by atoms with E-state index in [2.05, 4.69) is 29.1 Å². The Hall–Kier alpha value is -1.22. The van der Waals surface area contributed by atoms with Gasteiger partial charge < -0.3 is 4.90 Å². The summed E-state index contributed by atoms with van der Waals surface area (Å²) in [6.07, 6.45) is 1.02. The quantitative estimate of drug-likeness (QED) is 0.787. The van der Waals surface area contributed by atoms with Gasteiger partial charge in [0.25, 0.3) is 0 Å². The zero-order valence-corrected chi connectivity index (χ0v) is 16.9. The zero-order chi connectivity index (χ0) is 18.9. The smallest absolute Gasteiger partial charge is 0.245 e. The van der Waals surface area contributed by atoms with Crippen LogP contribution in [0, 0.1) is 16.7 Å². The second-order valence-corrected chi connectivity index (χ2v) is 10.9. The molecule has 7 nitrogen and oxygen atoms in total. The molecule has 0 N–H and O–H groups in total. The standard InChI is InChI=1S/C17H23ClN4O3S/c1-16(2)8-17(9-21(3)4)10-22(7-13(16)17)26(23,24)12-6-5-11(18)14-15(12)20-25-19-14/h5-6,13H,7-10H2,1-4H3/t13-,17+/m1/s1. The lowest BCUT2D eigenvalue weighted by atomic mass is 9.48. The van der Waals surface area contributed by atoms with E-state index in [0.717, 1.165) is 13.0 Å². The molecule has 26 heavy (non-hydrogen) atoms. The van der Waals surface area contributed by atoms with Crippen LogP contribution in [-0.2, 0) is 10.0 Å². The summed E-state index contributed by atoms with van der Waals surface area (Å²) < 4.78 is 33.1. The molecule has 1 aliphatic heterocycles. The molecule has 2 heterocycles. The molecular weight excluding hydrogens is 376 g/mol. The number of hydrogen-bond donors (Lipinski definition) is 0. The Bertz CT molecular complexity index is 968. The van der Waals surface area contributed by atoms with Crippen LogP contribution >= 0.6 is 11.6 Å². The summed E-state index contributed by atoms with van der Waals surface area (Å²) in [4.78, 5) is 2.26. The van der Waals surface area contributed by atoms with Gasteiger partial charge >= 0.3 is 0 Å². The zero-order valence-electron chi connectivity index (χ0n) is 15.4. The minimum Gasteiger partial charge on any atom is -0.309 e. The fourth-order valence-electron chi connectivity index (χ4n) is 5.27. The lowest BCUT2D eigenvalue weighted by molar-refractivity contribution is -0.0789. The van der Waals surface area contributed by atoms with E-state index in [-0.39, 0.29) is 26.8 Å². The number of halogens is 1. The van der Waals surface area contributed by atoms with E-state index in [1.807, 2.05) is 14.1 Å². The number of hydrogen-bond acceptors (Lipinski definition) is 6. The van der Waals surface area contributed by atoms with Crippen LogP contribution in [0.1, 0.15) is 20.3 Å².